The molecule has 8 N–H and O–H groups in total. The number of esters is 2. The average Bonchev–Trinajstić information content (AvgIpc) is 3.63. The molecule has 1 fully saturated rings. The van der Waals surface area contributed by atoms with E-state index in [1.807, 2.05) is 37.3 Å². The van der Waals surface area contributed by atoms with Crippen molar-refractivity contribution in [1.29, 1.82) is 0 Å². The second kappa shape index (κ2) is 39.3. The molecule has 22 heteroatoms. The summed E-state index contributed by atoms with van der Waals surface area (Å²) in [5, 5.41) is 41.1. The summed E-state index contributed by atoms with van der Waals surface area (Å²) in [5.41, 5.74) is 4.56. The number of carbonyl (C=O) groups excluding carboxylic acids is 2. The highest BCUT2D eigenvalue weighted by atomic mass is 31.3. The number of phosphoric ester groups is 2. The van der Waals surface area contributed by atoms with Crippen LogP contribution in [0.5, 0.6) is 0 Å². The van der Waals surface area contributed by atoms with Crippen LogP contribution in [-0.2, 0) is 46.3 Å². The number of aliphatic hydroxyl groups is 4. The van der Waals surface area contributed by atoms with Crippen LogP contribution in [-0.4, -0.2) is 108 Å². The number of hydrogen-bond acceptors (Lipinski definition) is 17. The first-order valence-electron chi connectivity index (χ1n) is 25.8. The summed E-state index contributed by atoms with van der Waals surface area (Å²) in [6, 6.07) is 1.23. The second-order valence-corrected chi connectivity index (χ2v) is 20.7. The van der Waals surface area contributed by atoms with Gasteiger partial charge < -0.3 is 50.2 Å². The van der Waals surface area contributed by atoms with Crippen molar-refractivity contribution in [2.75, 3.05) is 25.6 Å². The Kier molecular flexibility index (Phi) is 35.0. The zero-order chi connectivity index (χ0) is 54.5. The van der Waals surface area contributed by atoms with Gasteiger partial charge in [-0.1, -0.05) is 150 Å². The number of carbonyl (C=O) groups is 2. The molecule has 0 aliphatic carbocycles. The lowest BCUT2D eigenvalue weighted by atomic mass is 10.1. The Morgan fingerprint density at radius 3 is 2.04 bits per heavy atom. The van der Waals surface area contributed by atoms with E-state index in [0.717, 1.165) is 68.6 Å². The Labute approximate surface area is 436 Å². The van der Waals surface area contributed by atoms with E-state index in [0.29, 0.717) is 25.7 Å². The minimum absolute atomic E-state index is 0.0745. The summed E-state index contributed by atoms with van der Waals surface area (Å²) in [6.07, 6.45) is 34.4. The number of hydrogen-bond donors (Lipinski definition) is 7. The van der Waals surface area contributed by atoms with Gasteiger partial charge in [0, 0.05) is 19.0 Å². The normalized spacial score (nSPS) is 20.4. The van der Waals surface area contributed by atoms with Crippen molar-refractivity contribution in [3.63, 3.8) is 0 Å². The van der Waals surface area contributed by atoms with Gasteiger partial charge >= 0.3 is 33.3 Å². The van der Waals surface area contributed by atoms with E-state index in [4.69, 9.17) is 29.0 Å². The monoisotopic (exact) mass is 1080 g/mol. The predicted molar refractivity (Wildman–Crippen MR) is 282 cm³/mol. The first-order valence-corrected chi connectivity index (χ1v) is 28.8. The van der Waals surface area contributed by atoms with Crippen molar-refractivity contribution in [3.05, 3.63) is 108 Å². The second-order valence-electron chi connectivity index (χ2n) is 17.7. The number of nitrogens with two attached hydrogens (primary N) is 1. The van der Waals surface area contributed by atoms with Gasteiger partial charge in [-0.25, -0.2) is 13.9 Å². The molecule has 2 heterocycles. The molecule has 0 saturated carbocycles. The lowest BCUT2D eigenvalue weighted by Gasteiger charge is -2.21. The molecule has 1 aliphatic heterocycles. The number of anilines is 1. The summed E-state index contributed by atoms with van der Waals surface area (Å²) in [4.78, 5) is 61.9. The van der Waals surface area contributed by atoms with E-state index >= 15 is 0 Å². The highest BCUT2D eigenvalue weighted by Gasteiger charge is 2.46. The SMILES string of the molecule is CC/C=C\C[C@H](O)/C=C/C=C\C/C=C\C=C\[C@H](O)/C=C\CCCC(=O)O[C@H](COC(=O)CCCCCCCCC/C=C\CCCCCC)COP(=O)(O)OP(=O)(O)OC[C@H]1O[C@@H](n2ccc(N)nc2=O)[C@H](O)[C@@H]1O. The Hall–Kier alpha value is -4.14. The fourth-order valence-electron chi connectivity index (χ4n) is 7.11. The van der Waals surface area contributed by atoms with Crippen molar-refractivity contribution >= 4 is 33.4 Å². The zero-order valence-electron chi connectivity index (χ0n) is 43.1. The minimum atomic E-state index is -5.48. The van der Waals surface area contributed by atoms with E-state index < -0.39 is 95.9 Å². The number of phosphoric acid groups is 2. The van der Waals surface area contributed by atoms with Crippen molar-refractivity contribution in [2.24, 2.45) is 0 Å². The van der Waals surface area contributed by atoms with Crippen LogP contribution in [0.4, 0.5) is 5.82 Å². The third-order valence-corrected chi connectivity index (χ3v) is 13.7. The molecule has 0 spiro atoms. The number of nitrogens with zero attached hydrogens (tertiary/aromatic N) is 2. The number of rotatable bonds is 41. The third-order valence-electron chi connectivity index (χ3n) is 11.1. The highest BCUT2D eigenvalue weighted by molar-refractivity contribution is 7.61. The predicted octanol–water partition coefficient (Wildman–Crippen LogP) is 8.61. The number of allylic oxidation sites excluding steroid dienone is 10. The van der Waals surface area contributed by atoms with Crippen molar-refractivity contribution in [2.45, 2.75) is 185 Å². The summed E-state index contributed by atoms with van der Waals surface area (Å²) in [7, 11) is -11.0. The maximum Gasteiger partial charge on any atom is 0.481 e. The fourth-order valence-corrected chi connectivity index (χ4v) is 9.22. The molecule has 2 rings (SSSR count). The van der Waals surface area contributed by atoms with Crippen LogP contribution < -0.4 is 11.4 Å². The molecule has 0 bridgehead atoms. The molecule has 74 heavy (non-hydrogen) atoms. The van der Waals surface area contributed by atoms with Gasteiger partial charge in [0.25, 0.3) is 0 Å². The van der Waals surface area contributed by atoms with Crippen LogP contribution in [0.3, 0.4) is 0 Å². The standard InChI is InChI=1S/C52H83N3O17P2/c1-3-5-7-8-9-10-11-12-13-14-15-16-20-23-29-35-47(58)67-39-44(70-48(59)36-30-24-28-34-43(57)33-27-22-19-17-18-21-26-32-42(56)31-25-6-4-2)40-68-73(63,64)72-74(65,66)69-41-45-49(60)50(61)51(71-45)55-38-37-46(53)54-52(55)62/h6,10-11,18-19,21-22,25-28,32-34,37-38,42-45,49-51,56-57,60-61H,3-5,7-9,12-17,20,23-24,29-31,35-36,39-41H2,1-2H3,(H,63,64)(H,65,66)(H2,53,54,62)/b11-10-,21-18-,22-19-,25-6-,32-26+,33-27+,34-28-/t42-,43-,44+,45+,49+,50+,51+/m0/s1. The van der Waals surface area contributed by atoms with E-state index in [1.54, 1.807) is 42.5 Å². The van der Waals surface area contributed by atoms with E-state index in [9.17, 15) is 53.7 Å². The van der Waals surface area contributed by atoms with E-state index in [-0.39, 0.29) is 25.1 Å². The molecule has 1 aliphatic rings. The number of aromatic nitrogens is 2. The van der Waals surface area contributed by atoms with Gasteiger partial charge in [-0.15, -0.1) is 0 Å². The molecule has 1 aromatic heterocycles. The molecule has 0 radical (unpaired) electrons. The Bertz CT molecular complexity index is 2110. The lowest BCUT2D eigenvalue weighted by molar-refractivity contribution is -0.161. The first-order chi connectivity index (χ1) is 35.5. The van der Waals surface area contributed by atoms with Gasteiger partial charge in [-0.3, -0.25) is 23.2 Å². The molecular weight excluding hydrogens is 1000 g/mol. The van der Waals surface area contributed by atoms with Gasteiger partial charge in [0.15, 0.2) is 12.3 Å². The molecular formula is C52H83N3O17P2. The number of nitrogen functional groups attached to an aromatic ring is 1. The summed E-state index contributed by atoms with van der Waals surface area (Å²) in [5.74, 6) is -1.51. The average molecular weight is 1080 g/mol. The smallest absolute Gasteiger partial charge is 0.462 e. The summed E-state index contributed by atoms with van der Waals surface area (Å²) < 4.78 is 56.6. The van der Waals surface area contributed by atoms with Crippen LogP contribution in [0, 0.1) is 0 Å². The first kappa shape index (κ1) is 66.0. The van der Waals surface area contributed by atoms with Crippen molar-refractivity contribution in [1.82, 2.24) is 9.55 Å². The molecule has 0 aromatic carbocycles. The molecule has 418 valence electrons. The number of ether oxygens (including phenoxy) is 3. The minimum Gasteiger partial charge on any atom is -0.462 e. The molecule has 9 atom stereocenters. The molecule has 20 nitrogen and oxygen atoms in total. The van der Waals surface area contributed by atoms with Gasteiger partial charge in [0.05, 0.1) is 25.4 Å². The molecule has 2 unspecified atom stereocenters. The maximum absolute atomic E-state index is 12.9. The topological polar surface area (TPSA) is 306 Å². The zero-order valence-corrected chi connectivity index (χ0v) is 44.9. The van der Waals surface area contributed by atoms with Crippen molar-refractivity contribution in [3.8, 4) is 0 Å². The van der Waals surface area contributed by atoms with E-state index in [1.165, 1.54) is 31.7 Å². The van der Waals surface area contributed by atoms with Gasteiger partial charge in [0.1, 0.15) is 30.7 Å². The van der Waals surface area contributed by atoms with Gasteiger partial charge in [-0.2, -0.15) is 9.29 Å². The quantitative estimate of drug-likeness (QED) is 0.0106. The van der Waals surface area contributed by atoms with Crippen LogP contribution in [0.2, 0.25) is 0 Å². The fraction of sp³-hybridized carbons (Fsp3) is 0.615. The van der Waals surface area contributed by atoms with Crippen LogP contribution in [0.25, 0.3) is 0 Å². The van der Waals surface area contributed by atoms with Crippen LogP contribution in [0.15, 0.2) is 102 Å². The molecule has 0 amide bonds. The molecule has 1 aromatic rings. The Morgan fingerprint density at radius 2 is 1.36 bits per heavy atom. The lowest BCUT2D eigenvalue weighted by Crippen LogP contribution is -2.36. The van der Waals surface area contributed by atoms with Gasteiger partial charge in [0.2, 0.25) is 0 Å². The Morgan fingerprint density at radius 1 is 0.743 bits per heavy atom. The number of unbranched alkanes of at least 4 members (excludes halogenated alkanes) is 12. The number of aliphatic hydroxyl groups excluding tert-OH is 4. The summed E-state index contributed by atoms with van der Waals surface area (Å²) in [6.45, 7) is 1.76. The third kappa shape index (κ3) is 31.7. The largest absolute Gasteiger partial charge is 0.481 e. The summed E-state index contributed by atoms with van der Waals surface area (Å²) >= 11 is 0. The molecule has 1 saturated heterocycles. The van der Waals surface area contributed by atoms with E-state index in [2.05, 4.69) is 28.4 Å². The van der Waals surface area contributed by atoms with Crippen LogP contribution in [0.1, 0.15) is 148 Å². The Balaban J connectivity index is 1.87. The van der Waals surface area contributed by atoms with Gasteiger partial charge in [-0.05, 0) is 70.3 Å². The van der Waals surface area contributed by atoms with Crippen molar-refractivity contribution < 1.29 is 76.5 Å². The highest BCUT2D eigenvalue weighted by Crippen LogP contribution is 2.60. The maximum atomic E-state index is 12.9. The van der Waals surface area contributed by atoms with Crippen LogP contribution >= 0.6 is 15.6 Å².